The minimum atomic E-state index is -0.369. The number of hydrogen-bond donors (Lipinski definition) is 0. The number of hydrogen-bond acceptors (Lipinski definition) is 6. The third kappa shape index (κ3) is 6.34. The zero-order valence-corrected chi connectivity index (χ0v) is 21.8. The normalized spacial score (nSPS) is 20.0. The highest BCUT2D eigenvalue weighted by molar-refractivity contribution is 5.90. The van der Waals surface area contributed by atoms with E-state index in [4.69, 9.17) is 14.2 Å². The van der Waals surface area contributed by atoms with Crippen molar-refractivity contribution in [3.05, 3.63) is 90.0 Å². The maximum absolute atomic E-state index is 13.5. The fourth-order valence-electron chi connectivity index (χ4n) is 5.10. The fourth-order valence-corrected chi connectivity index (χ4v) is 5.10. The van der Waals surface area contributed by atoms with Crippen LogP contribution in [0.4, 0.5) is 10.5 Å². The summed E-state index contributed by atoms with van der Waals surface area (Å²) in [4.78, 5) is 29.8. The summed E-state index contributed by atoms with van der Waals surface area (Å²) in [5.41, 5.74) is 2.12. The molecule has 7 nitrogen and oxygen atoms in total. The van der Waals surface area contributed by atoms with E-state index in [0.717, 1.165) is 50.1 Å². The zero-order chi connectivity index (χ0) is 26.3. The molecular weight excluding hydrogens is 480 g/mol. The number of benzene rings is 3. The molecular formula is C31H34N2O5. The number of amides is 1. The molecule has 0 aliphatic carbocycles. The van der Waals surface area contributed by atoms with Gasteiger partial charge in [-0.25, -0.2) is 9.59 Å². The molecule has 0 unspecified atom stereocenters. The van der Waals surface area contributed by atoms with Crippen LogP contribution in [0.3, 0.4) is 0 Å². The maximum Gasteiger partial charge on any atom is 0.414 e. The van der Waals surface area contributed by atoms with E-state index in [2.05, 4.69) is 4.90 Å². The predicted molar refractivity (Wildman–Crippen MR) is 146 cm³/mol. The first-order chi connectivity index (χ1) is 18.6. The van der Waals surface area contributed by atoms with Gasteiger partial charge in [-0.2, -0.15) is 0 Å². The van der Waals surface area contributed by atoms with Crippen LogP contribution in [-0.2, 0) is 16.0 Å². The van der Waals surface area contributed by atoms with Gasteiger partial charge in [-0.1, -0.05) is 43.3 Å². The zero-order valence-electron chi connectivity index (χ0n) is 21.8. The molecule has 0 saturated carbocycles. The maximum atomic E-state index is 13.5. The molecule has 3 aromatic rings. The highest BCUT2D eigenvalue weighted by Crippen LogP contribution is 2.31. The van der Waals surface area contributed by atoms with E-state index in [0.29, 0.717) is 36.1 Å². The van der Waals surface area contributed by atoms with Gasteiger partial charge >= 0.3 is 12.1 Å². The van der Waals surface area contributed by atoms with Crippen LogP contribution in [0.5, 0.6) is 11.5 Å². The molecule has 1 atom stereocenters. The second-order valence-corrected chi connectivity index (χ2v) is 9.90. The van der Waals surface area contributed by atoms with Crippen molar-refractivity contribution in [3.8, 4) is 11.5 Å². The number of para-hydroxylation sites is 1. The molecule has 0 spiro atoms. The highest BCUT2D eigenvalue weighted by atomic mass is 16.6. The quantitative estimate of drug-likeness (QED) is 0.313. The molecule has 3 aliphatic heterocycles. The average molecular weight is 515 g/mol. The summed E-state index contributed by atoms with van der Waals surface area (Å²) >= 11 is 0. The van der Waals surface area contributed by atoms with Gasteiger partial charge in [-0.05, 0) is 86.3 Å². The average Bonchev–Trinajstić information content (AvgIpc) is 2.96. The number of anilines is 1. The van der Waals surface area contributed by atoms with E-state index < -0.39 is 0 Å². The summed E-state index contributed by atoms with van der Waals surface area (Å²) < 4.78 is 17.4. The van der Waals surface area contributed by atoms with Gasteiger partial charge in [0.2, 0.25) is 0 Å². The Bertz CT molecular complexity index is 1240. The Morgan fingerprint density at radius 3 is 2.37 bits per heavy atom. The van der Waals surface area contributed by atoms with Crippen molar-refractivity contribution in [1.29, 1.82) is 0 Å². The van der Waals surface area contributed by atoms with E-state index >= 15 is 0 Å². The molecule has 6 rings (SSSR count). The van der Waals surface area contributed by atoms with Gasteiger partial charge in [-0.3, -0.25) is 9.80 Å². The summed E-state index contributed by atoms with van der Waals surface area (Å²) in [6.45, 7) is 5.67. The lowest BCUT2D eigenvalue weighted by molar-refractivity contribution is -0.0311. The van der Waals surface area contributed by atoms with Crippen LogP contribution in [0.15, 0.2) is 78.9 Å². The number of rotatable bonds is 9. The Morgan fingerprint density at radius 1 is 0.921 bits per heavy atom. The smallest absolute Gasteiger partial charge is 0.414 e. The van der Waals surface area contributed by atoms with Gasteiger partial charge in [0.05, 0.1) is 18.7 Å². The van der Waals surface area contributed by atoms with Gasteiger partial charge in [0.1, 0.15) is 17.6 Å². The summed E-state index contributed by atoms with van der Waals surface area (Å²) in [5.74, 6) is 1.22. The lowest BCUT2D eigenvalue weighted by atomic mass is 9.86. The Kier molecular flexibility index (Phi) is 8.24. The third-order valence-corrected chi connectivity index (χ3v) is 7.12. The van der Waals surface area contributed by atoms with E-state index in [1.807, 2.05) is 61.5 Å². The number of ether oxygens (including phenoxy) is 3. The van der Waals surface area contributed by atoms with Crippen LogP contribution in [0, 0.1) is 5.92 Å². The van der Waals surface area contributed by atoms with Crippen molar-refractivity contribution in [3.63, 3.8) is 0 Å². The first kappa shape index (κ1) is 25.8. The summed E-state index contributed by atoms with van der Waals surface area (Å²) in [6, 6.07) is 24.2. The van der Waals surface area contributed by atoms with Gasteiger partial charge in [0.25, 0.3) is 0 Å². The Hall–Kier alpha value is -3.84. The Balaban J connectivity index is 1.30. The second-order valence-electron chi connectivity index (χ2n) is 9.90. The number of piperidine rings is 3. The first-order valence-electron chi connectivity index (χ1n) is 13.4. The SMILES string of the molecule is CCCOC(=O)c1cccc(Oc2cccc(CN(C(=O)O[C@H]3CN4CCC3CC4)c3ccccc3)c2)c1. The lowest BCUT2D eigenvalue weighted by Gasteiger charge is -2.44. The Labute approximate surface area is 223 Å². The van der Waals surface area contributed by atoms with E-state index in [1.165, 1.54) is 0 Å². The molecule has 0 radical (unpaired) electrons. The van der Waals surface area contributed by atoms with Crippen molar-refractivity contribution in [2.45, 2.75) is 38.8 Å². The number of esters is 1. The minimum absolute atomic E-state index is 0.0674. The summed E-state index contributed by atoms with van der Waals surface area (Å²) in [5, 5.41) is 0. The van der Waals surface area contributed by atoms with Crippen molar-refractivity contribution >= 4 is 17.7 Å². The van der Waals surface area contributed by atoms with Crippen LogP contribution in [0.2, 0.25) is 0 Å². The topological polar surface area (TPSA) is 68.3 Å². The number of fused-ring (bicyclic) bond motifs is 3. The van der Waals surface area contributed by atoms with E-state index in [9.17, 15) is 9.59 Å². The third-order valence-electron chi connectivity index (χ3n) is 7.12. The Morgan fingerprint density at radius 2 is 1.66 bits per heavy atom. The fraction of sp³-hybridized carbons (Fsp3) is 0.355. The summed E-state index contributed by atoms with van der Waals surface area (Å²) in [7, 11) is 0. The van der Waals surface area contributed by atoms with Gasteiger partial charge in [0, 0.05) is 12.2 Å². The standard InChI is InChI=1S/C31H34N2O5/c1-2-18-36-30(34)25-9-7-13-28(20-25)37-27-12-6-8-23(19-27)21-33(26-10-4-3-5-11-26)31(35)38-29-22-32-16-14-24(29)15-17-32/h3-13,19-20,24,29H,2,14-18,21-22H2,1H3/t29-/m0/s1. The predicted octanol–water partition coefficient (Wildman–Crippen LogP) is 6.28. The van der Waals surface area contributed by atoms with Crippen molar-refractivity contribution in [2.75, 3.05) is 31.1 Å². The lowest BCUT2D eigenvalue weighted by Crippen LogP contribution is -2.53. The molecule has 0 N–H and O–H groups in total. The molecule has 7 heteroatoms. The molecule has 1 amide bonds. The highest BCUT2D eigenvalue weighted by Gasteiger charge is 2.37. The molecule has 2 bridgehead atoms. The molecule has 3 fully saturated rings. The van der Waals surface area contributed by atoms with Crippen molar-refractivity contribution in [2.24, 2.45) is 5.92 Å². The summed E-state index contributed by atoms with van der Waals surface area (Å²) in [6.07, 6.45) is 2.53. The minimum Gasteiger partial charge on any atom is -0.462 e. The van der Waals surface area contributed by atoms with Gasteiger partial charge < -0.3 is 14.2 Å². The largest absolute Gasteiger partial charge is 0.462 e. The van der Waals surface area contributed by atoms with Crippen LogP contribution in [0.25, 0.3) is 0 Å². The molecule has 38 heavy (non-hydrogen) atoms. The van der Waals surface area contributed by atoms with Gasteiger partial charge in [0.15, 0.2) is 0 Å². The van der Waals surface area contributed by atoms with E-state index in [1.54, 1.807) is 29.2 Å². The van der Waals surface area contributed by atoms with Crippen LogP contribution in [-0.4, -0.2) is 49.3 Å². The van der Waals surface area contributed by atoms with Crippen molar-refractivity contribution in [1.82, 2.24) is 4.90 Å². The van der Waals surface area contributed by atoms with E-state index in [-0.39, 0.29) is 18.2 Å². The molecule has 3 aromatic carbocycles. The molecule has 0 aromatic heterocycles. The number of carbonyl (C=O) groups is 2. The van der Waals surface area contributed by atoms with Crippen LogP contribution < -0.4 is 9.64 Å². The molecule has 3 heterocycles. The van der Waals surface area contributed by atoms with Crippen molar-refractivity contribution < 1.29 is 23.8 Å². The first-order valence-corrected chi connectivity index (χ1v) is 13.4. The molecule has 198 valence electrons. The van der Waals surface area contributed by atoms with Crippen LogP contribution in [0.1, 0.15) is 42.1 Å². The molecule has 3 aliphatic rings. The molecule has 3 saturated heterocycles. The number of carbonyl (C=O) groups excluding carboxylic acids is 2. The van der Waals surface area contributed by atoms with Crippen LogP contribution >= 0.6 is 0 Å². The monoisotopic (exact) mass is 514 g/mol. The second kappa shape index (κ2) is 12.1. The number of nitrogens with zero attached hydrogens (tertiary/aromatic N) is 2. The van der Waals surface area contributed by atoms with Gasteiger partial charge in [-0.15, -0.1) is 0 Å².